The SMILES string of the molecule is NS(=O)(=O)c1ccc(Nc2nc(-c3ccc(O)c(O)c3)cs2)cc1. The van der Waals surface area contributed by atoms with Crippen LogP contribution in [0.1, 0.15) is 0 Å². The van der Waals surface area contributed by atoms with Crippen LogP contribution in [0.2, 0.25) is 0 Å². The molecule has 0 spiro atoms. The third kappa shape index (κ3) is 3.48. The number of nitrogens with one attached hydrogen (secondary N) is 1. The summed E-state index contributed by atoms with van der Waals surface area (Å²) in [5.74, 6) is -0.407. The number of primary sulfonamides is 1. The van der Waals surface area contributed by atoms with Gasteiger partial charge in [-0.3, -0.25) is 0 Å². The monoisotopic (exact) mass is 363 g/mol. The van der Waals surface area contributed by atoms with Gasteiger partial charge < -0.3 is 15.5 Å². The second-order valence-electron chi connectivity index (χ2n) is 4.94. The Morgan fingerprint density at radius 3 is 2.38 bits per heavy atom. The molecule has 0 aliphatic heterocycles. The second kappa shape index (κ2) is 6.11. The Bertz CT molecular complexity index is 982. The minimum Gasteiger partial charge on any atom is -0.504 e. The molecule has 0 fully saturated rings. The number of rotatable bonds is 4. The Morgan fingerprint density at radius 2 is 1.75 bits per heavy atom. The van der Waals surface area contributed by atoms with Crippen LogP contribution in [-0.2, 0) is 10.0 Å². The van der Waals surface area contributed by atoms with Crippen molar-refractivity contribution in [2.75, 3.05) is 5.32 Å². The lowest BCUT2D eigenvalue weighted by Crippen LogP contribution is -2.11. The number of aromatic nitrogens is 1. The van der Waals surface area contributed by atoms with Crippen LogP contribution in [0.5, 0.6) is 11.5 Å². The van der Waals surface area contributed by atoms with Crippen molar-refractivity contribution in [1.82, 2.24) is 4.98 Å². The first-order valence-corrected chi connectivity index (χ1v) is 9.13. The molecule has 124 valence electrons. The van der Waals surface area contributed by atoms with Crippen LogP contribution in [0.3, 0.4) is 0 Å². The van der Waals surface area contributed by atoms with Crippen LogP contribution >= 0.6 is 11.3 Å². The summed E-state index contributed by atoms with van der Waals surface area (Å²) in [6.45, 7) is 0. The topological polar surface area (TPSA) is 126 Å². The van der Waals surface area contributed by atoms with Gasteiger partial charge in [0.2, 0.25) is 10.0 Å². The molecule has 0 saturated heterocycles. The summed E-state index contributed by atoms with van der Waals surface area (Å²) >= 11 is 1.35. The maximum absolute atomic E-state index is 11.2. The van der Waals surface area contributed by atoms with E-state index in [-0.39, 0.29) is 16.4 Å². The highest BCUT2D eigenvalue weighted by atomic mass is 32.2. The van der Waals surface area contributed by atoms with Crippen LogP contribution in [0.15, 0.2) is 52.7 Å². The Morgan fingerprint density at radius 1 is 1.04 bits per heavy atom. The highest BCUT2D eigenvalue weighted by molar-refractivity contribution is 7.89. The first-order chi connectivity index (χ1) is 11.3. The van der Waals surface area contributed by atoms with E-state index in [1.54, 1.807) is 23.6 Å². The first kappa shape index (κ1) is 16.2. The molecule has 9 heteroatoms. The normalized spacial score (nSPS) is 11.4. The van der Waals surface area contributed by atoms with E-state index in [9.17, 15) is 18.6 Å². The number of phenols is 2. The molecule has 0 unspecified atom stereocenters. The third-order valence-corrected chi connectivity index (χ3v) is 4.90. The zero-order valence-corrected chi connectivity index (χ0v) is 13.8. The van der Waals surface area contributed by atoms with E-state index in [1.165, 1.54) is 35.6 Å². The van der Waals surface area contributed by atoms with Gasteiger partial charge in [-0.15, -0.1) is 11.3 Å². The Balaban J connectivity index is 1.80. The van der Waals surface area contributed by atoms with Gasteiger partial charge in [0.15, 0.2) is 16.6 Å². The third-order valence-electron chi connectivity index (χ3n) is 3.21. The van der Waals surface area contributed by atoms with Crippen molar-refractivity contribution in [3.63, 3.8) is 0 Å². The quantitative estimate of drug-likeness (QED) is 0.528. The van der Waals surface area contributed by atoms with E-state index in [4.69, 9.17) is 5.14 Å². The van der Waals surface area contributed by atoms with Gasteiger partial charge in [0.1, 0.15) is 0 Å². The number of nitrogens with two attached hydrogens (primary N) is 1. The zero-order valence-electron chi connectivity index (χ0n) is 12.2. The second-order valence-corrected chi connectivity index (χ2v) is 7.36. The van der Waals surface area contributed by atoms with Gasteiger partial charge in [0.05, 0.1) is 10.6 Å². The summed E-state index contributed by atoms with van der Waals surface area (Å²) in [6.07, 6.45) is 0. The fraction of sp³-hybridized carbons (Fsp3) is 0. The lowest BCUT2D eigenvalue weighted by atomic mass is 10.1. The molecule has 5 N–H and O–H groups in total. The van der Waals surface area contributed by atoms with Crippen LogP contribution in [0, 0.1) is 0 Å². The molecule has 0 atom stereocenters. The minimum atomic E-state index is -3.72. The van der Waals surface area contributed by atoms with E-state index in [0.29, 0.717) is 22.1 Å². The van der Waals surface area contributed by atoms with Gasteiger partial charge in [-0.05, 0) is 42.5 Å². The van der Waals surface area contributed by atoms with E-state index >= 15 is 0 Å². The first-order valence-electron chi connectivity index (χ1n) is 6.71. The van der Waals surface area contributed by atoms with E-state index in [2.05, 4.69) is 10.3 Å². The maximum atomic E-state index is 11.2. The lowest BCUT2D eigenvalue weighted by molar-refractivity contribution is 0.404. The average Bonchev–Trinajstić information content (AvgIpc) is 2.98. The fourth-order valence-corrected chi connectivity index (χ4v) is 3.25. The predicted octanol–water partition coefficient (Wildman–Crippen LogP) is 2.61. The number of sulfonamides is 1. The molecule has 0 saturated carbocycles. The van der Waals surface area contributed by atoms with Gasteiger partial charge in [-0.2, -0.15) is 0 Å². The molecular weight excluding hydrogens is 350 g/mol. The Hall–Kier alpha value is -2.62. The highest BCUT2D eigenvalue weighted by Gasteiger charge is 2.09. The van der Waals surface area contributed by atoms with Crippen LogP contribution in [0.25, 0.3) is 11.3 Å². The number of nitrogens with zero attached hydrogens (tertiary/aromatic N) is 1. The minimum absolute atomic E-state index is 0.0347. The van der Waals surface area contributed by atoms with Gasteiger partial charge in [-0.25, -0.2) is 18.5 Å². The maximum Gasteiger partial charge on any atom is 0.238 e. The summed E-state index contributed by atoms with van der Waals surface area (Å²) in [4.78, 5) is 4.42. The number of anilines is 2. The molecule has 2 aromatic carbocycles. The highest BCUT2D eigenvalue weighted by Crippen LogP contribution is 2.32. The van der Waals surface area contributed by atoms with Gasteiger partial charge in [-0.1, -0.05) is 0 Å². The van der Waals surface area contributed by atoms with E-state index < -0.39 is 10.0 Å². The van der Waals surface area contributed by atoms with Crippen LogP contribution in [0.4, 0.5) is 10.8 Å². The van der Waals surface area contributed by atoms with Crippen molar-refractivity contribution in [3.8, 4) is 22.8 Å². The smallest absolute Gasteiger partial charge is 0.238 e. The summed E-state index contributed by atoms with van der Waals surface area (Å²) in [6, 6.07) is 10.5. The molecule has 0 aliphatic carbocycles. The van der Waals surface area contributed by atoms with Gasteiger partial charge in [0, 0.05) is 16.6 Å². The van der Waals surface area contributed by atoms with Crippen LogP contribution < -0.4 is 10.5 Å². The van der Waals surface area contributed by atoms with E-state index in [0.717, 1.165) is 0 Å². The summed E-state index contributed by atoms with van der Waals surface area (Å²) in [5, 5.41) is 29.4. The van der Waals surface area contributed by atoms with Crippen LogP contribution in [-0.4, -0.2) is 23.6 Å². The zero-order chi connectivity index (χ0) is 17.3. The average molecular weight is 363 g/mol. The molecule has 3 rings (SSSR count). The van der Waals surface area contributed by atoms with Crippen molar-refractivity contribution in [3.05, 3.63) is 47.8 Å². The van der Waals surface area contributed by atoms with E-state index in [1.807, 2.05) is 0 Å². The predicted molar refractivity (Wildman–Crippen MR) is 92.0 cm³/mol. The number of hydrogen-bond acceptors (Lipinski definition) is 7. The molecule has 7 nitrogen and oxygen atoms in total. The number of aromatic hydroxyl groups is 2. The van der Waals surface area contributed by atoms with Crippen molar-refractivity contribution in [2.45, 2.75) is 4.90 Å². The number of benzene rings is 2. The molecule has 0 radical (unpaired) electrons. The molecular formula is C15H13N3O4S2. The van der Waals surface area contributed by atoms with Crippen molar-refractivity contribution in [2.24, 2.45) is 5.14 Å². The standard InChI is InChI=1S/C15H13N3O4S2/c16-24(21,22)11-4-2-10(3-5-11)17-15-18-12(8-23-15)9-1-6-13(19)14(20)7-9/h1-8,19-20H,(H,17,18)(H2,16,21,22). The van der Waals surface area contributed by atoms with Gasteiger partial charge >= 0.3 is 0 Å². The largest absolute Gasteiger partial charge is 0.504 e. The Kier molecular flexibility index (Phi) is 4.14. The molecule has 1 aromatic heterocycles. The van der Waals surface area contributed by atoms with Crippen molar-refractivity contribution >= 4 is 32.2 Å². The summed E-state index contributed by atoms with van der Waals surface area (Å²) in [5.41, 5.74) is 1.97. The van der Waals surface area contributed by atoms with Crippen molar-refractivity contribution < 1.29 is 18.6 Å². The number of thiazole rings is 1. The molecule has 24 heavy (non-hydrogen) atoms. The molecule has 0 amide bonds. The van der Waals surface area contributed by atoms with Crippen molar-refractivity contribution in [1.29, 1.82) is 0 Å². The summed E-state index contributed by atoms with van der Waals surface area (Å²) in [7, 11) is -3.72. The molecule has 0 bridgehead atoms. The molecule has 3 aromatic rings. The summed E-state index contributed by atoms with van der Waals surface area (Å²) < 4.78 is 22.4. The Labute approximate surface area is 142 Å². The fourth-order valence-electron chi connectivity index (χ4n) is 2.00. The van der Waals surface area contributed by atoms with Gasteiger partial charge in [0.25, 0.3) is 0 Å². The number of hydrogen-bond donors (Lipinski definition) is 4. The lowest BCUT2D eigenvalue weighted by Gasteiger charge is -2.04. The molecule has 0 aliphatic rings. The molecule has 1 heterocycles. The number of phenolic OH excluding ortho intramolecular Hbond substituents is 2.